The van der Waals surface area contributed by atoms with Crippen molar-refractivity contribution in [3.8, 4) is 0 Å². The van der Waals surface area contributed by atoms with Crippen LogP contribution in [0.2, 0.25) is 0 Å². The molecule has 0 atom stereocenters. The fourth-order valence-electron chi connectivity index (χ4n) is 3.15. The van der Waals surface area contributed by atoms with E-state index in [1.807, 2.05) is 6.07 Å². The van der Waals surface area contributed by atoms with Crippen molar-refractivity contribution < 1.29 is 0 Å². The smallest absolute Gasteiger partial charge is 0.123 e. The highest BCUT2D eigenvalue weighted by Gasteiger charge is 2.09. The van der Waals surface area contributed by atoms with E-state index in [-0.39, 0.29) is 0 Å². The van der Waals surface area contributed by atoms with Crippen LogP contribution in [0.1, 0.15) is 31.5 Å². The number of imidazole rings is 1. The molecule has 4 nitrogen and oxygen atoms in total. The van der Waals surface area contributed by atoms with E-state index in [9.17, 15) is 0 Å². The van der Waals surface area contributed by atoms with Gasteiger partial charge in [-0.15, -0.1) is 0 Å². The number of likely N-dealkylation sites (tertiary alicyclic amines) is 1. The van der Waals surface area contributed by atoms with Gasteiger partial charge in [-0.2, -0.15) is 0 Å². The lowest BCUT2D eigenvalue weighted by Crippen LogP contribution is -2.33. The molecule has 2 aromatic rings. The average molecular weight is 286 g/mol. The molecular formula is C17H26N4. The van der Waals surface area contributed by atoms with Crippen molar-refractivity contribution in [2.75, 3.05) is 26.2 Å². The molecule has 0 spiro atoms. The van der Waals surface area contributed by atoms with E-state index in [4.69, 9.17) is 4.98 Å². The minimum atomic E-state index is 0.846. The molecule has 2 heterocycles. The van der Waals surface area contributed by atoms with E-state index >= 15 is 0 Å². The number of hydrogen-bond donors (Lipinski definition) is 1. The standard InChI is InChI=1S/C17H26N4/c1-20-16-9-5-4-8-15(16)19-17(20)14-18-10-13-21-11-6-2-3-7-12-21/h4-5,8-9,18H,2-3,6-7,10-14H2,1H3. The molecule has 114 valence electrons. The van der Waals surface area contributed by atoms with Crippen molar-refractivity contribution in [1.29, 1.82) is 0 Å². The Morgan fingerprint density at radius 2 is 1.86 bits per heavy atom. The molecule has 0 radical (unpaired) electrons. The largest absolute Gasteiger partial charge is 0.330 e. The Bertz CT molecular complexity index is 567. The molecule has 3 rings (SSSR count). The van der Waals surface area contributed by atoms with Crippen molar-refractivity contribution in [1.82, 2.24) is 19.8 Å². The first-order valence-electron chi connectivity index (χ1n) is 8.18. The molecule has 1 saturated heterocycles. The molecule has 21 heavy (non-hydrogen) atoms. The van der Waals surface area contributed by atoms with E-state index in [1.54, 1.807) is 0 Å². The lowest BCUT2D eigenvalue weighted by atomic mass is 10.2. The Hall–Kier alpha value is -1.39. The summed E-state index contributed by atoms with van der Waals surface area (Å²) in [6.07, 6.45) is 5.54. The van der Waals surface area contributed by atoms with Crippen LogP contribution in [-0.4, -0.2) is 40.6 Å². The number of hydrogen-bond acceptors (Lipinski definition) is 3. The first-order valence-corrected chi connectivity index (χ1v) is 8.18. The molecule has 4 heteroatoms. The van der Waals surface area contributed by atoms with E-state index in [0.29, 0.717) is 0 Å². The van der Waals surface area contributed by atoms with Crippen molar-refractivity contribution in [3.63, 3.8) is 0 Å². The summed E-state index contributed by atoms with van der Waals surface area (Å²) in [5.74, 6) is 1.12. The second-order valence-corrected chi connectivity index (χ2v) is 6.01. The van der Waals surface area contributed by atoms with E-state index in [0.717, 1.165) is 31.0 Å². The summed E-state index contributed by atoms with van der Waals surface area (Å²) in [7, 11) is 2.10. The fourth-order valence-corrected chi connectivity index (χ4v) is 3.15. The van der Waals surface area contributed by atoms with Crippen LogP contribution in [0.15, 0.2) is 24.3 Å². The van der Waals surface area contributed by atoms with Crippen LogP contribution in [0.4, 0.5) is 0 Å². The van der Waals surface area contributed by atoms with Gasteiger partial charge in [0.2, 0.25) is 0 Å². The number of rotatable bonds is 5. The topological polar surface area (TPSA) is 33.1 Å². The minimum Gasteiger partial charge on any atom is -0.330 e. The normalized spacial score (nSPS) is 17.2. The summed E-state index contributed by atoms with van der Waals surface area (Å²) < 4.78 is 2.19. The van der Waals surface area contributed by atoms with Gasteiger partial charge in [0.1, 0.15) is 5.82 Å². The lowest BCUT2D eigenvalue weighted by molar-refractivity contribution is 0.283. The Labute approximate surface area is 127 Å². The zero-order chi connectivity index (χ0) is 14.5. The van der Waals surface area contributed by atoms with Crippen LogP contribution in [0, 0.1) is 0 Å². The number of fused-ring (bicyclic) bond motifs is 1. The van der Waals surface area contributed by atoms with E-state index in [2.05, 4.69) is 40.0 Å². The SMILES string of the molecule is Cn1c(CNCCN2CCCCCC2)nc2ccccc21. The van der Waals surface area contributed by atoms with Gasteiger partial charge in [-0.25, -0.2) is 4.98 Å². The number of nitrogens with one attached hydrogen (secondary N) is 1. The van der Waals surface area contributed by atoms with Crippen LogP contribution in [0.5, 0.6) is 0 Å². The zero-order valence-electron chi connectivity index (χ0n) is 13.0. The van der Waals surface area contributed by atoms with Crippen LogP contribution in [0.25, 0.3) is 11.0 Å². The van der Waals surface area contributed by atoms with Crippen molar-refractivity contribution in [2.24, 2.45) is 7.05 Å². The monoisotopic (exact) mass is 286 g/mol. The van der Waals surface area contributed by atoms with Gasteiger partial charge in [-0.3, -0.25) is 0 Å². The number of aromatic nitrogens is 2. The van der Waals surface area contributed by atoms with Crippen LogP contribution in [0.3, 0.4) is 0 Å². The van der Waals surface area contributed by atoms with Crippen LogP contribution in [-0.2, 0) is 13.6 Å². The van der Waals surface area contributed by atoms with Gasteiger partial charge >= 0.3 is 0 Å². The van der Waals surface area contributed by atoms with Gasteiger partial charge < -0.3 is 14.8 Å². The predicted octanol–water partition coefficient (Wildman–Crippen LogP) is 2.54. The number of para-hydroxylation sites is 2. The number of aryl methyl sites for hydroxylation is 1. The maximum Gasteiger partial charge on any atom is 0.123 e. The highest BCUT2D eigenvalue weighted by molar-refractivity contribution is 5.75. The number of nitrogens with zero attached hydrogens (tertiary/aromatic N) is 3. The second kappa shape index (κ2) is 7.05. The quantitative estimate of drug-likeness (QED) is 0.858. The molecule has 0 amide bonds. The summed E-state index contributed by atoms with van der Waals surface area (Å²) in [4.78, 5) is 7.29. The maximum absolute atomic E-state index is 4.70. The molecule has 1 aliphatic heterocycles. The van der Waals surface area contributed by atoms with Crippen molar-refractivity contribution >= 4 is 11.0 Å². The Balaban J connectivity index is 1.49. The third-order valence-electron chi connectivity index (χ3n) is 4.47. The molecule has 0 saturated carbocycles. The third kappa shape index (κ3) is 3.63. The fraction of sp³-hybridized carbons (Fsp3) is 0.588. The van der Waals surface area contributed by atoms with Gasteiger partial charge in [0.05, 0.1) is 17.6 Å². The molecule has 0 bridgehead atoms. The molecule has 1 fully saturated rings. The van der Waals surface area contributed by atoms with Gasteiger partial charge in [0, 0.05) is 20.1 Å². The maximum atomic E-state index is 4.70. The molecular weight excluding hydrogens is 260 g/mol. The van der Waals surface area contributed by atoms with E-state index < -0.39 is 0 Å². The Kier molecular flexibility index (Phi) is 4.88. The Morgan fingerprint density at radius 1 is 1.10 bits per heavy atom. The van der Waals surface area contributed by atoms with Gasteiger partial charge in [0.25, 0.3) is 0 Å². The molecule has 1 N–H and O–H groups in total. The second-order valence-electron chi connectivity index (χ2n) is 6.01. The molecule has 1 aromatic carbocycles. The van der Waals surface area contributed by atoms with Crippen molar-refractivity contribution in [2.45, 2.75) is 32.2 Å². The summed E-state index contributed by atoms with van der Waals surface area (Å²) in [5.41, 5.74) is 2.30. The zero-order valence-corrected chi connectivity index (χ0v) is 13.0. The highest BCUT2D eigenvalue weighted by atomic mass is 15.1. The average Bonchev–Trinajstić information content (AvgIpc) is 2.69. The van der Waals surface area contributed by atoms with Crippen LogP contribution >= 0.6 is 0 Å². The molecule has 1 aromatic heterocycles. The number of benzene rings is 1. The first kappa shape index (κ1) is 14.5. The summed E-state index contributed by atoms with van der Waals surface area (Å²) in [5, 5.41) is 3.55. The molecule has 0 unspecified atom stereocenters. The Morgan fingerprint density at radius 3 is 2.62 bits per heavy atom. The molecule has 0 aliphatic carbocycles. The van der Waals surface area contributed by atoms with Crippen LogP contribution < -0.4 is 5.32 Å². The van der Waals surface area contributed by atoms with Gasteiger partial charge in [-0.1, -0.05) is 25.0 Å². The van der Waals surface area contributed by atoms with Crippen molar-refractivity contribution in [3.05, 3.63) is 30.1 Å². The van der Waals surface area contributed by atoms with Gasteiger partial charge in [-0.05, 0) is 38.1 Å². The highest BCUT2D eigenvalue weighted by Crippen LogP contribution is 2.14. The third-order valence-corrected chi connectivity index (χ3v) is 4.47. The van der Waals surface area contributed by atoms with E-state index in [1.165, 1.54) is 44.3 Å². The summed E-state index contributed by atoms with van der Waals surface area (Å²) >= 11 is 0. The minimum absolute atomic E-state index is 0.846. The predicted molar refractivity (Wildman–Crippen MR) is 87.3 cm³/mol. The molecule has 1 aliphatic rings. The first-order chi connectivity index (χ1) is 10.3. The van der Waals surface area contributed by atoms with Gasteiger partial charge in [0.15, 0.2) is 0 Å². The summed E-state index contributed by atoms with van der Waals surface area (Å²) in [6.45, 7) is 5.59. The summed E-state index contributed by atoms with van der Waals surface area (Å²) in [6, 6.07) is 8.32. The lowest BCUT2D eigenvalue weighted by Gasteiger charge is -2.19.